The maximum absolute atomic E-state index is 11.7. The number of aryl methyl sites for hydroxylation is 1. The summed E-state index contributed by atoms with van der Waals surface area (Å²) in [5.74, 6) is -0.905. The molecule has 0 heterocycles. The fourth-order valence-electron chi connectivity index (χ4n) is 1.95. The van der Waals surface area contributed by atoms with Crippen molar-refractivity contribution in [1.82, 2.24) is 10.6 Å². The van der Waals surface area contributed by atoms with Crippen molar-refractivity contribution in [2.45, 2.75) is 39.2 Å². The van der Waals surface area contributed by atoms with Gasteiger partial charge in [0, 0.05) is 12.6 Å². The van der Waals surface area contributed by atoms with Crippen molar-refractivity contribution in [3.8, 4) is 0 Å². The molecule has 0 spiro atoms. The molecule has 0 bridgehead atoms. The van der Waals surface area contributed by atoms with E-state index in [0.29, 0.717) is 13.0 Å². The van der Waals surface area contributed by atoms with Crippen LogP contribution in [0.4, 0.5) is 4.79 Å². The molecule has 0 aliphatic heterocycles. The lowest BCUT2D eigenvalue weighted by atomic mass is 10.1. The quantitative estimate of drug-likeness (QED) is 0.714. The van der Waals surface area contributed by atoms with Gasteiger partial charge in [0.2, 0.25) is 0 Å². The molecule has 0 saturated carbocycles. The SMILES string of the molecule is CCC(CC(=O)O)NC(=O)NCCc1ccccc1C. The van der Waals surface area contributed by atoms with Gasteiger partial charge in [-0.05, 0) is 30.9 Å². The first kappa shape index (κ1) is 16.0. The van der Waals surface area contributed by atoms with Gasteiger partial charge in [-0.2, -0.15) is 0 Å². The van der Waals surface area contributed by atoms with Gasteiger partial charge in [0.25, 0.3) is 0 Å². The van der Waals surface area contributed by atoms with Gasteiger partial charge in [-0.25, -0.2) is 4.79 Å². The van der Waals surface area contributed by atoms with Gasteiger partial charge in [-0.1, -0.05) is 31.2 Å². The van der Waals surface area contributed by atoms with Gasteiger partial charge in [0.1, 0.15) is 0 Å². The average Bonchev–Trinajstić information content (AvgIpc) is 2.39. The van der Waals surface area contributed by atoms with Crippen LogP contribution in [-0.2, 0) is 11.2 Å². The summed E-state index contributed by atoms with van der Waals surface area (Å²) < 4.78 is 0. The smallest absolute Gasteiger partial charge is 0.315 e. The van der Waals surface area contributed by atoms with E-state index >= 15 is 0 Å². The molecule has 0 aromatic heterocycles. The summed E-state index contributed by atoms with van der Waals surface area (Å²) in [6.07, 6.45) is 1.30. The van der Waals surface area contributed by atoms with Crippen molar-refractivity contribution in [2.75, 3.05) is 6.54 Å². The second kappa shape index (κ2) is 8.19. The Hall–Kier alpha value is -2.04. The molecule has 0 saturated heterocycles. The Kier molecular flexibility index (Phi) is 6.56. The van der Waals surface area contributed by atoms with Gasteiger partial charge in [0.15, 0.2) is 0 Å². The van der Waals surface area contributed by atoms with Crippen LogP contribution in [0.1, 0.15) is 30.9 Å². The lowest BCUT2D eigenvalue weighted by Gasteiger charge is -2.15. The first-order valence-corrected chi connectivity index (χ1v) is 6.83. The van der Waals surface area contributed by atoms with E-state index in [1.165, 1.54) is 11.1 Å². The van der Waals surface area contributed by atoms with E-state index < -0.39 is 5.97 Å². The Labute approximate surface area is 119 Å². The molecule has 1 atom stereocenters. The highest BCUT2D eigenvalue weighted by atomic mass is 16.4. The predicted molar refractivity (Wildman–Crippen MR) is 77.7 cm³/mol. The zero-order valence-corrected chi connectivity index (χ0v) is 12.0. The van der Waals surface area contributed by atoms with Gasteiger partial charge in [-0.15, -0.1) is 0 Å². The molecule has 110 valence electrons. The van der Waals surface area contributed by atoms with Gasteiger partial charge >= 0.3 is 12.0 Å². The van der Waals surface area contributed by atoms with E-state index in [1.807, 2.05) is 38.1 Å². The number of amides is 2. The van der Waals surface area contributed by atoms with Crippen LogP contribution in [0.25, 0.3) is 0 Å². The van der Waals surface area contributed by atoms with E-state index in [4.69, 9.17) is 5.11 Å². The minimum Gasteiger partial charge on any atom is -0.481 e. The number of aliphatic carboxylic acids is 1. The molecule has 1 unspecified atom stereocenters. The van der Waals surface area contributed by atoms with Crippen LogP contribution in [0.2, 0.25) is 0 Å². The molecule has 5 heteroatoms. The van der Waals surface area contributed by atoms with Crippen LogP contribution < -0.4 is 10.6 Å². The topological polar surface area (TPSA) is 78.4 Å². The number of nitrogens with one attached hydrogen (secondary N) is 2. The Morgan fingerprint density at radius 1 is 1.30 bits per heavy atom. The molecule has 20 heavy (non-hydrogen) atoms. The standard InChI is InChI=1S/C15H22N2O3/c1-3-13(10-14(18)19)17-15(20)16-9-8-12-7-5-4-6-11(12)2/h4-7,13H,3,8-10H2,1-2H3,(H,18,19)(H2,16,17,20). The number of urea groups is 1. The molecule has 1 rings (SSSR count). The number of carboxylic acids is 1. The van der Waals surface area contributed by atoms with E-state index in [9.17, 15) is 9.59 Å². The highest BCUT2D eigenvalue weighted by Crippen LogP contribution is 2.06. The van der Waals surface area contributed by atoms with Crippen molar-refractivity contribution < 1.29 is 14.7 Å². The summed E-state index contributed by atoms with van der Waals surface area (Å²) in [5, 5.41) is 14.1. The number of rotatable bonds is 7. The molecular weight excluding hydrogens is 256 g/mol. The van der Waals surface area contributed by atoms with Gasteiger partial charge in [-0.3, -0.25) is 4.79 Å². The van der Waals surface area contributed by atoms with E-state index in [1.54, 1.807) is 0 Å². The number of carbonyl (C=O) groups excluding carboxylic acids is 1. The molecule has 5 nitrogen and oxygen atoms in total. The Balaban J connectivity index is 2.33. The fraction of sp³-hybridized carbons (Fsp3) is 0.467. The van der Waals surface area contributed by atoms with Crippen LogP contribution in [0.3, 0.4) is 0 Å². The summed E-state index contributed by atoms with van der Waals surface area (Å²) in [5.41, 5.74) is 2.40. The third-order valence-electron chi connectivity index (χ3n) is 3.19. The van der Waals surface area contributed by atoms with Crippen molar-refractivity contribution in [2.24, 2.45) is 0 Å². The zero-order chi connectivity index (χ0) is 15.0. The predicted octanol–water partition coefficient (Wildman–Crippen LogP) is 2.09. The largest absolute Gasteiger partial charge is 0.481 e. The van der Waals surface area contributed by atoms with Crippen molar-refractivity contribution in [1.29, 1.82) is 0 Å². The molecule has 0 aliphatic carbocycles. The molecule has 1 aromatic rings. The molecule has 0 fully saturated rings. The molecule has 0 aliphatic rings. The Morgan fingerprint density at radius 2 is 2.00 bits per heavy atom. The van der Waals surface area contributed by atoms with Gasteiger partial charge in [0.05, 0.1) is 6.42 Å². The minimum atomic E-state index is -0.905. The molecule has 3 N–H and O–H groups in total. The summed E-state index contributed by atoms with van der Waals surface area (Å²) in [7, 11) is 0. The Bertz CT molecular complexity index is 460. The zero-order valence-electron chi connectivity index (χ0n) is 12.0. The molecule has 0 radical (unpaired) electrons. The lowest BCUT2D eigenvalue weighted by molar-refractivity contribution is -0.137. The summed E-state index contributed by atoms with van der Waals surface area (Å²) in [4.78, 5) is 22.3. The van der Waals surface area contributed by atoms with Crippen LogP contribution >= 0.6 is 0 Å². The summed E-state index contributed by atoms with van der Waals surface area (Å²) >= 11 is 0. The number of benzene rings is 1. The van der Waals surface area contributed by atoms with Gasteiger partial charge < -0.3 is 15.7 Å². The van der Waals surface area contributed by atoms with Crippen LogP contribution in [-0.4, -0.2) is 29.7 Å². The summed E-state index contributed by atoms with van der Waals surface area (Å²) in [6.45, 7) is 4.41. The van der Waals surface area contributed by atoms with E-state index in [-0.39, 0.29) is 18.5 Å². The summed E-state index contributed by atoms with van der Waals surface area (Å²) in [6, 6.07) is 7.39. The highest BCUT2D eigenvalue weighted by molar-refractivity contribution is 5.75. The van der Waals surface area contributed by atoms with Crippen molar-refractivity contribution in [3.63, 3.8) is 0 Å². The number of hydrogen-bond acceptors (Lipinski definition) is 2. The van der Waals surface area contributed by atoms with E-state index in [0.717, 1.165) is 6.42 Å². The molecule has 2 amide bonds. The number of carbonyl (C=O) groups is 2. The first-order chi connectivity index (χ1) is 9.52. The lowest BCUT2D eigenvalue weighted by Crippen LogP contribution is -2.43. The second-order valence-electron chi connectivity index (χ2n) is 4.78. The minimum absolute atomic E-state index is 0.0539. The third kappa shape index (κ3) is 5.73. The maximum atomic E-state index is 11.7. The average molecular weight is 278 g/mol. The first-order valence-electron chi connectivity index (χ1n) is 6.83. The fourth-order valence-corrected chi connectivity index (χ4v) is 1.95. The normalized spacial score (nSPS) is 11.7. The highest BCUT2D eigenvalue weighted by Gasteiger charge is 2.13. The monoisotopic (exact) mass is 278 g/mol. The van der Waals surface area contributed by atoms with Crippen LogP contribution in [0.15, 0.2) is 24.3 Å². The van der Waals surface area contributed by atoms with Crippen LogP contribution in [0, 0.1) is 6.92 Å². The second-order valence-corrected chi connectivity index (χ2v) is 4.78. The maximum Gasteiger partial charge on any atom is 0.315 e. The van der Waals surface area contributed by atoms with E-state index in [2.05, 4.69) is 10.6 Å². The number of hydrogen-bond donors (Lipinski definition) is 3. The van der Waals surface area contributed by atoms with Crippen molar-refractivity contribution in [3.05, 3.63) is 35.4 Å². The molecule has 1 aromatic carbocycles. The van der Waals surface area contributed by atoms with Crippen molar-refractivity contribution >= 4 is 12.0 Å². The number of carboxylic acid groups (broad SMARTS) is 1. The third-order valence-corrected chi connectivity index (χ3v) is 3.19. The molecular formula is C15H22N2O3. The Morgan fingerprint density at radius 3 is 2.60 bits per heavy atom. The van der Waals surface area contributed by atoms with Crippen LogP contribution in [0.5, 0.6) is 0 Å².